The van der Waals surface area contributed by atoms with Crippen molar-refractivity contribution in [2.45, 2.75) is 17.7 Å². The summed E-state index contributed by atoms with van der Waals surface area (Å²) in [4.78, 5) is 0. The molecule has 0 amide bonds. The van der Waals surface area contributed by atoms with Crippen molar-refractivity contribution >= 4 is 0 Å². The lowest BCUT2D eigenvalue weighted by molar-refractivity contribution is 0.132. The average molecular weight is 214 g/mol. The molecule has 1 aromatic rings. The lowest BCUT2D eigenvalue weighted by atomic mass is 9.77. The van der Waals surface area contributed by atoms with Crippen LogP contribution in [0.1, 0.15) is 11.6 Å². The van der Waals surface area contributed by atoms with Crippen LogP contribution in [0.15, 0.2) is 48.6 Å². The second-order valence-electron chi connectivity index (χ2n) is 4.30. The fourth-order valence-corrected chi connectivity index (χ4v) is 2.32. The van der Waals surface area contributed by atoms with Crippen LogP contribution >= 0.6 is 0 Å². The molecular weight excluding hydrogens is 200 g/mol. The monoisotopic (exact) mass is 214 g/mol. The highest BCUT2D eigenvalue weighted by Gasteiger charge is 2.45. The summed E-state index contributed by atoms with van der Waals surface area (Å²) in [5.74, 6) is 0.834. The molecule has 0 saturated heterocycles. The Morgan fingerprint density at radius 1 is 1.19 bits per heavy atom. The minimum Gasteiger partial charge on any atom is -0.484 e. The topological polar surface area (TPSA) is 61.3 Å². The van der Waals surface area contributed by atoms with Crippen LogP contribution in [0.2, 0.25) is 0 Å². The van der Waals surface area contributed by atoms with Gasteiger partial charge in [-0.1, -0.05) is 36.4 Å². The summed E-state index contributed by atoms with van der Waals surface area (Å²) in [7, 11) is 0. The third-order valence-electron chi connectivity index (χ3n) is 3.32. The maximum atomic E-state index is 6.33. The Morgan fingerprint density at radius 3 is 2.88 bits per heavy atom. The number of fused-ring (bicyclic) bond motifs is 2. The highest BCUT2D eigenvalue weighted by atomic mass is 16.5. The van der Waals surface area contributed by atoms with E-state index in [-0.39, 0.29) is 12.1 Å². The Hall–Kier alpha value is -1.58. The number of nitrogens with two attached hydrogens (primary N) is 2. The van der Waals surface area contributed by atoms with E-state index in [0.717, 1.165) is 11.3 Å². The number of rotatable bonds is 0. The molecule has 3 nitrogen and oxygen atoms in total. The van der Waals surface area contributed by atoms with Gasteiger partial charge in [-0.25, -0.2) is 0 Å². The van der Waals surface area contributed by atoms with Gasteiger partial charge in [0.15, 0.2) is 0 Å². The van der Waals surface area contributed by atoms with Crippen molar-refractivity contribution in [1.29, 1.82) is 0 Å². The molecule has 16 heavy (non-hydrogen) atoms. The number of benzene rings is 1. The number of ether oxygens (including phenoxy) is 1. The van der Waals surface area contributed by atoms with Crippen LogP contribution in [-0.2, 0) is 0 Å². The van der Waals surface area contributed by atoms with Gasteiger partial charge in [-0.15, -0.1) is 0 Å². The lowest BCUT2D eigenvalue weighted by Crippen LogP contribution is -2.60. The molecule has 3 atom stereocenters. The third kappa shape index (κ3) is 1.16. The molecule has 4 N–H and O–H groups in total. The van der Waals surface area contributed by atoms with E-state index in [0.29, 0.717) is 0 Å². The zero-order valence-electron chi connectivity index (χ0n) is 8.84. The highest BCUT2D eigenvalue weighted by molar-refractivity contribution is 5.45. The number of hydrogen-bond donors (Lipinski definition) is 2. The largest absolute Gasteiger partial charge is 0.484 e. The minimum absolute atomic E-state index is 0.178. The molecule has 0 radical (unpaired) electrons. The van der Waals surface area contributed by atoms with E-state index in [4.69, 9.17) is 16.2 Å². The van der Waals surface area contributed by atoms with Gasteiger partial charge < -0.3 is 16.2 Å². The molecule has 1 aliphatic heterocycles. The Bertz CT molecular complexity index is 481. The van der Waals surface area contributed by atoms with Gasteiger partial charge in [-0.05, 0) is 12.1 Å². The number of allylic oxidation sites excluding steroid dienone is 2. The van der Waals surface area contributed by atoms with Crippen molar-refractivity contribution in [2.24, 2.45) is 11.5 Å². The molecule has 2 aliphatic rings. The molecule has 0 aromatic heterocycles. The Kier molecular flexibility index (Phi) is 1.93. The summed E-state index contributed by atoms with van der Waals surface area (Å²) in [5, 5.41) is 0. The predicted molar refractivity (Wildman–Crippen MR) is 63.0 cm³/mol. The Morgan fingerprint density at radius 2 is 2.00 bits per heavy atom. The molecule has 0 spiro atoms. The average Bonchev–Trinajstić information content (AvgIpc) is 2.31. The molecule has 0 saturated carbocycles. The van der Waals surface area contributed by atoms with Gasteiger partial charge in [0.25, 0.3) is 0 Å². The highest BCUT2D eigenvalue weighted by Crippen LogP contribution is 2.40. The van der Waals surface area contributed by atoms with Gasteiger partial charge in [0.05, 0.1) is 11.6 Å². The lowest BCUT2D eigenvalue weighted by Gasteiger charge is -2.44. The Labute approximate surface area is 94.4 Å². The second-order valence-corrected chi connectivity index (χ2v) is 4.30. The third-order valence-corrected chi connectivity index (χ3v) is 3.32. The fourth-order valence-electron chi connectivity index (χ4n) is 2.32. The molecule has 1 aromatic carbocycles. The molecule has 0 fully saturated rings. The maximum Gasteiger partial charge on any atom is 0.140 e. The first-order chi connectivity index (χ1) is 7.72. The van der Waals surface area contributed by atoms with Crippen molar-refractivity contribution < 1.29 is 4.74 Å². The maximum absolute atomic E-state index is 6.33. The standard InChI is InChI=1S/C13H14N2O/c14-12-9-5-1-2-6-10(9)16-11-7-3-4-8-13(11,12)15/h1-8,11-12H,14-15H2. The van der Waals surface area contributed by atoms with Crippen LogP contribution < -0.4 is 16.2 Å². The van der Waals surface area contributed by atoms with E-state index < -0.39 is 5.54 Å². The van der Waals surface area contributed by atoms with Gasteiger partial charge in [-0.3, -0.25) is 0 Å². The molecule has 3 unspecified atom stereocenters. The van der Waals surface area contributed by atoms with Crippen LogP contribution in [0.3, 0.4) is 0 Å². The zero-order valence-corrected chi connectivity index (χ0v) is 8.84. The van der Waals surface area contributed by atoms with E-state index in [2.05, 4.69) is 0 Å². The first kappa shape index (κ1) is 9.63. The zero-order chi connectivity index (χ0) is 11.2. The second kappa shape index (κ2) is 3.20. The SMILES string of the molecule is NC1c2ccccc2OC2C=CC=CC21N. The number of hydrogen-bond acceptors (Lipinski definition) is 3. The molecule has 1 aliphatic carbocycles. The van der Waals surface area contributed by atoms with Gasteiger partial charge >= 0.3 is 0 Å². The van der Waals surface area contributed by atoms with Crippen molar-refractivity contribution in [2.75, 3.05) is 0 Å². The van der Waals surface area contributed by atoms with Gasteiger partial charge in [0.2, 0.25) is 0 Å². The molecule has 3 heteroatoms. The molecule has 1 heterocycles. The van der Waals surface area contributed by atoms with Gasteiger partial charge in [-0.2, -0.15) is 0 Å². The van der Waals surface area contributed by atoms with Gasteiger partial charge in [0, 0.05) is 5.56 Å². The molecular formula is C13H14N2O. The number of para-hydroxylation sites is 1. The van der Waals surface area contributed by atoms with Crippen LogP contribution in [0.5, 0.6) is 5.75 Å². The molecule has 0 bridgehead atoms. The van der Waals surface area contributed by atoms with Gasteiger partial charge in [0.1, 0.15) is 11.9 Å². The van der Waals surface area contributed by atoms with Crippen LogP contribution in [0.4, 0.5) is 0 Å². The first-order valence-electron chi connectivity index (χ1n) is 5.38. The normalized spacial score (nSPS) is 35.1. The quantitative estimate of drug-likeness (QED) is 0.683. The predicted octanol–water partition coefficient (Wildman–Crippen LogP) is 1.27. The summed E-state index contributed by atoms with van der Waals surface area (Å²) in [6.45, 7) is 0. The molecule has 3 rings (SSSR count). The fraction of sp³-hybridized carbons (Fsp3) is 0.231. The van der Waals surface area contributed by atoms with Crippen molar-refractivity contribution in [1.82, 2.24) is 0 Å². The first-order valence-corrected chi connectivity index (χ1v) is 5.38. The van der Waals surface area contributed by atoms with E-state index >= 15 is 0 Å². The van der Waals surface area contributed by atoms with E-state index in [1.54, 1.807) is 0 Å². The van der Waals surface area contributed by atoms with E-state index in [1.807, 2.05) is 48.6 Å². The Balaban J connectivity index is 2.14. The summed E-state index contributed by atoms with van der Waals surface area (Å²) in [6, 6.07) is 7.56. The smallest absolute Gasteiger partial charge is 0.140 e. The van der Waals surface area contributed by atoms with Crippen molar-refractivity contribution in [3.8, 4) is 5.75 Å². The van der Waals surface area contributed by atoms with Crippen LogP contribution in [0.25, 0.3) is 0 Å². The summed E-state index contributed by atoms with van der Waals surface area (Å²) in [6.07, 6.45) is 7.57. The summed E-state index contributed by atoms with van der Waals surface area (Å²) >= 11 is 0. The van der Waals surface area contributed by atoms with Crippen molar-refractivity contribution in [3.05, 3.63) is 54.1 Å². The summed E-state index contributed by atoms with van der Waals surface area (Å²) < 4.78 is 5.87. The van der Waals surface area contributed by atoms with Crippen molar-refractivity contribution in [3.63, 3.8) is 0 Å². The molecule has 82 valence electrons. The van der Waals surface area contributed by atoms with Crippen LogP contribution in [0, 0.1) is 0 Å². The van der Waals surface area contributed by atoms with E-state index in [9.17, 15) is 0 Å². The van der Waals surface area contributed by atoms with E-state index in [1.165, 1.54) is 0 Å². The minimum atomic E-state index is -0.636. The van der Waals surface area contributed by atoms with Crippen LogP contribution in [-0.4, -0.2) is 11.6 Å². The summed E-state index contributed by atoms with van der Waals surface area (Å²) in [5.41, 5.74) is 12.9.